The molecule has 380 valence electrons. The van der Waals surface area contributed by atoms with Crippen LogP contribution < -0.4 is 15.5 Å². The summed E-state index contributed by atoms with van der Waals surface area (Å²) >= 11 is 0. The van der Waals surface area contributed by atoms with Gasteiger partial charge < -0.3 is 13.9 Å². The lowest BCUT2D eigenvalue weighted by Gasteiger charge is -2.44. The van der Waals surface area contributed by atoms with Gasteiger partial charge in [-0.15, -0.1) is 0 Å². The van der Waals surface area contributed by atoms with Gasteiger partial charge >= 0.3 is 53.7 Å². The van der Waals surface area contributed by atoms with Gasteiger partial charge in [-0.2, -0.15) is 74.6 Å². The normalized spacial score (nSPS) is 14.6. The Morgan fingerprint density at radius 3 is 1.72 bits per heavy atom. The first-order valence-electron chi connectivity index (χ1n) is 19.2. The number of nitrogens with one attached hydrogen (secondary N) is 2. The van der Waals surface area contributed by atoms with Gasteiger partial charge in [0.05, 0.1) is 12.3 Å². The molecule has 0 aliphatic rings. The topological polar surface area (TPSA) is 106 Å². The van der Waals surface area contributed by atoms with Gasteiger partial charge in [0.2, 0.25) is 0 Å². The van der Waals surface area contributed by atoms with E-state index in [0.717, 1.165) is 18.2 Å². The summed E-state index contributed by atoms with van der Waals surface area (Å²) in [6, 6.07) is 6.29. The van der Waals surface area contributed by atoms with Crippen LogP contribution in [0.3, 0.4) is 0 Å². The molecule has 0 fully saturated rings. The van der Waals surface area contributed by atoms with E-state index in [4.69, 9.17) is 19.1 Å². The molecule has 2 aromatic rings. The van der Waals surface area contributed by atoms with Crippen LogP contribution in [0.25, 0.3) is 0 Å². The Bertz CT molecular complexity index is 2020. The predicted molar refractivity (Wildman–Crippen MR) is 201 cm³/mol. The molecule has 2 rings (SSSR count). The predicted octanol–water partition coefficient (Wildman–Crippen LogP) is 13.2. The molecule has 0 aromatic heterocycles. The van der Waals surface area contributed by atoms with E-state index >= 15 is 0 Å². The van der Waals surface area contributed by atoms with Crippen molar-refractivity contribution in [3.8, 4) is 5.75 Å². The number of anilines is 1. The molecule has 0 aliphatic heterocycles. The van der Waals surface area contributed by atoms with Crippen molar-refractivity contribution in [2.24, 2.45) is 0 Å². The largest absolute Gasteiger partial charge is 0.491 e. The van der Waals surface area contributed by atoms with Crippen LogP contribution in [0.1, 0.15) is 58.6 Å². The second-order valence-electron chi connectivity index (χ2n) is 15.2. The third-order valence-corrected chi connectivity index (χ3v) is 15.8. The van der Waals surface area contributed by atoms with Gasteiger partial charge in [-0.3, -0.25) is 15.3 Å². The number of alkyl halides is 17. The number of hydrogen-bond donors (Lipinski definition) is 3. The lowest BCUT2D eigenvalue weighted by atomic mass is 9.88. The molecule has 67 heavy (non-hydrogen) atoms. The molecule has 0 aliphatic carbocycles. The zero-order valence-corrected chi connectivity index (χ0v) is 36.0. The van der Waals surface area contributed by atoms with Crippen LogP contribution in [-0.4, -0.2) is 86.4 Å². The zero-order valence-electron chi connectivity index (χ0n) is 35.0. The molecule has 0 unspecified atom stereocenters. The Balaban J connectivity index is 2.28. The molecular formula is C39H41F19N2O6Si. The summed E-state index contributed by atoms with van der Waals surface area (Å²) in [6.07, 6.45) is -7.29. The Morgan fingerprint density at radius 2 is 1.22 bits per heavy atom. The Morgan fingerprint density at radius 1 is 0.701 bits per heavy atom. The van der Waals surface area contributed by atoms with Crippen molar-refractivity contribution >= 4 is 26.0 Å². The zero-order chi connectivity index (χ0) is 51.8. The van der Waals surface area contributed by atoms with E-state index in [2.05, 4.69) is 5.32 Å². The second-order valence-corrected chi connectivity index (χ2v) is 20.2. The van der Waals surface area contributed by atoms with E-state index in [0.29, 0.717) is 11.6 Å². The van der Waals surface area contributed by atoms with Gasteiger partial charge in [-0.05, 0) is 59.8 Å². The highest BCUT2D eigenvalue weighted by Crippen LogP contribution is 2.64. The molecule has 0 saturated carbocycles. The van der Waals surface area contributed by atoms with E-state index in [1.54, 1.807) is 0 Å². The van der Waals surface area contributed by atoms with Crippen LogP contribution in [0.15, 0.2) is 66.8 Å². The van der Waals surface area contributed by atoms with Crippen LogP contribution in [-0.2, 0) is 14.0 Å². The Hall–Kier alpha value is -4.73. The summed E-state index contributed by atoms with van der Waals surface area (Å²) in [6.45, 7) is 4.07. The molecule has 0 saturated heterocycles. The Kier molecular flexibility index (Phi) is 18.9. The summed E-state index contributed by atoms with van der Waals surface area (Å²) in [7, 11) is -4.05. The van der Waals surface area contributed by atoms with Crippen molar-refractivity contribution in [2.75, 3.05) is 18.5 Å². The molecule has 0 spiro atoms. The van der Waals surface area contributed by atoms with Crippen LogP contribution in [0.5, 0.6) is 5.75 Å². The smallest absolute Gasteiger partial charge is 0.460 e. The molecule has 0 radical (unpaired) electrons. The van der Waals surface area contributed by atoms with Gasteiger partial charge in [-0.1, -0.05) is 58.1 Å². The van der Waals surface area contributed by atoms with Crippen LogP contribution >= 0.6 is 0 Å². The highest BCUT2D eigenvalue weighted by Gasteiger charge is 2.95. The van der Waals surface area contributed by atoms with Crippen LogP contribution in [0.2, 0.25) is 17.1 Å². The first-order valence-corrected chi connectivity index (χ1v) is 21.5. The number of benzene rings is 2. The number of carbonyl (C=O) groups excluding carboxylic acids is 2. The molecule has 28 heteroatoms. The SMILES string of the molecule is CC(C)[Si](CCC(F)(F)C(F)(F)C(F)(F)C(F)(F)C(F)(F)C(F)(F)C(F)(F)C(F)(F)F)(OCCOc1ccc([C@@H](CC/C=C/C=C/C(=O)NO)OC(=O)Nc2ccc(F)cc2F)cc1)C(C)C. The molecule has 2 aromatic carbocycles. The van der Waals surface area contributed by atoms with Crippen LogP contribution in [0, 0.1) is 11.6 Å². The first kappa shape index (κ1) is 58.4. The number of hydroxylamine groups is 1. The number of amides is 2. The van der Waals surface area contributed by atoms with E-state index in [1.807, 2.05) is 0 Å². The van der Waals surface area contributed by atoms with Gasteiger partial charge in [0.25, 0.3) is 5.91 Å². The fourth-order valence-electron chi connectivity index (χ4n) is 6.28. The van der Waals surface area contributed by atoms with Gasteiger partial charge in [0, 0.05) is 18.6 Å². The summed E-state index contributed by atoms with van der Waals surface area (Å²) in [4.78, 5) is 23.8. The van der Waals surface area contributed by atoms with Crippen molar-refractivity contribution in [3.05, 3.63) is 84.0 Å². The van der Waals surface area contributed by atoms with Gasteiger partial charge in [0.1, 0.15) is 30.1 Å². The standard InChI is InChI=1S/C39H41F19N2O6Si/c1-22(2)67(23(3)4,20-17-32(42,43)33(44,45)34(46,47)35(48,49)36(50,51)37(52,53)38(54,55)39(56,57)58)65-19-18-64-26-14-11-24(12-15-26)29(9-7-5-6-8-10-30(61)60-63)66-31(62)59-28-16-13-25(40)21-27(28)41/h5-6,8,10-16,21-23,29,63H,7,9,17-20H2,1-4H3,(H,59,62)(H,60,61)/b6-5+,10-8+/t29-/m1/s1. The number of ether oxygens (including phenoxy) is 2. The molecule has 1 atom stereocenters. The van der Waals surface area contributed by atoms with Gasteiger partial charge in [-0.25, -0.2) is 19.1 Å². The van der Waals surface area contributed by atoms with Crippen molar-refractivity contribution in [2.45, 2.75) is 118 Å². The van der Waals surface area contributed by atoms with E-state index in [9.17, 15) is 93.0 Å². The highest BCUT2D eigenvalue weighted by molar-refractivity contribution is 6.76. The van der Waals surface area contributed by atoms with E-state index in [-0.39, 0.29) is 18.6 Å². The minimum absolute atomic E-state index is 0.0437. The van der Waals surface area contributed by atoms with Crippen molar-refractivity contribution in [1.82, 2.24) is 5.48 Å². The lowest BCUT2D eigenvalue weighted by Crippen LogP contribution is -2.74. The van der Waals surface area contributed by atoms with Crippen LogP contribution in [0.4, 0.5) is 93.9 Å². The average Bonchev–Trinajstić information content (AvgIpc) is 3.21. The minimum atomic E-state index is -8.72. The molecule has 3 N–H and O–H groups in total. The molecule has 8 nitrogen and oxygen atoms in total. The molecule has 2 amide bonds. The monoisotopic (exact) mass is 1020 g/mol. The summed E-state index contributed by atoms with van der Waals surface area (Å²) < 4.78 is 280. The van der Waals surface area contributed by atoms with Crippen molar-refractivity contribution in [3.63, 3.8) is 0 Å². The van der Waals surface area contributed by atoms with Gasteiger partial charge in [0.15, 0.2) is 8.32 Å². The highest BCUT2D eigenvalue weighted by atomic mass is 28.4. The number of rotatable bonds is 24. The number of carbonyl (C=O) groups is 2. The maximum Gasteiger partial charge on any atom is 0.460 e. The lowest BCUT2D eigenvalue weighted by molar-refractivity contribution is -0.461. The average molecular weight is 1020 g/mol. The second kappa shape index (κ2) is 21.7. The fourth-order valence-corrected chi connectivity index (χ4v) is 10.7. The molecule has 0 heterocycles. The maximum atomic E-state index is 15.0. The molecule has 0 bridgehead atoms. The third-order valence-electron chi connectivity index (χ3n) is 10.2. The third kappa shape index (κ3) is 12.5. The summed E-state index contributed by atoms with van der Waals surface area (Å²) in [5, 5.41) is 10.7. The maximum absolute atomic E-state index is 15.0. The first-order chi connectivity index (χ1) is 30.4. The summed E-state index contributed by atoms with van der Waals surface area (Å²) in [5.41, 5.74) is -0.618. The Labute approximate surface area is 369 Å². The van der Waals surface area contributed by atoms with E-state index in [1.165, 1.54) is 75.7 Å². The quantitative estimate of drug-likeness (QED) is 0.0184. The fraction of sp³-hybridized carbons (Fsp3) is 0.538. The van der Waals surface area contributed by atoms with Crippen molar-refractivity contribution in [1.29, 1.82) is 0 Å². The van der Waals surface area contributed by atoms with Crippen molar-refractivity contribution < 1.29 is 112 Å². The van der Waals surface area contributed by atoms with E-state index < -0.39 is 128 Å². The number of allylic oxidation sites excluding steroid dienone is 3. The number of halogens is 19. The number of hydrogen-bond acceptors (Lipinski definition) is 6. The minimum Gasteiger partial charge on any atom is -0.491 e. The summed E-state index contributed by atoms with van der Waals surface area (Å²) in [5.74, 6) is -59.9. The molecular weight excluding hydrogens is 981 g/mol.